The molecule has 1 aliphatic carbocycles. The summed E-state index contributed by atoms with van der Waals surface area (Å²) in [7, 11) is 0. The van der Waals surface area contributed by atoms with Crippen LogP contribution in [0.5, 0.6) is 0 Å². The van der Waals surface area contributed by atoms with Gasteiger partial charge in [0.25, 0.3) is 11.1 Å². The van der Waals surface area contributed by atoms with E-state index in [4.69, 9.17) is 4.98 Å². The molecule has 6 nitrogen and oxygen atoms in total. The molecule has 28 heavy (non-hydrogen) atoms. The van der Waals surface area contributed by atoms with Crippen LogP contribution in [0.15, 0.2) is 63.4 Å². The van der Waals surface area contributed by atoms with Crippen molar-refractivity contribution in [2.45, 2.75) is 36.7 Å². The highest BCUT2D eigenvalue weighted by molar-refractivity contribution is 7.98. The van der Waals surface area contributed by atoms with Crippen molar-refractivity contribution in [3.05, 3.63) is 80.6 Å². The van der Waals surface area contributed by atoms with Gasteiger partial charge in [0.05, 0.1) is 16.6 Å². The predicted molar refractivity (Wildman–Crippen MR) is 110 cm³/mol. The Hall–Kier alpha value is -2.93. The molecular formula is C21H18N4O2S. The van der Waals surface area contributed by atoms with Crippen molar-refractivity contribution < 1.29 is 0 Å². The van der Waals surface area contributed by atoms with E-state index in [1.54, 1.807) is 16.7 Å². The van der Waals surface area contributed by atoms with Crippen LogP contribution in [-0.2, 0) is 5.75 Å². The first-order chi connectivity index (χ1) is 13.6. The van der Waals surface area contributed by atoms with Crippen LogP contribution in [0.1, 0.15) is 30.1 Å². The zero-order valence-corrected chi connectivity index (χ0v) is 16.1. The lowest BCUT2D eigenvalue weighted by Crippen LogP contribution is -2.22. The average molecular weight is 390 g/mol. The van der Waals surface area contributed by atoms with Gasteiger partial charge in [0.1, 0.15) is 5.65 Å². The van der Waals surface area contributed by atoms with Crippen LogP contribution >= 0.6 is 11.8 Å². The number of para-hydroxylation sites is 1. The molecule has 7 heteroatoms. The van der Waals surface area contributed by atoms with Crippen LogP contribution in [0.4, 0.5) is 0 Å². The molecule has 0 unspecified atom stereocenters. The lowest BCUT2D eigenvalue weighted by atomic mass is 10.2. The summed E-state index contributed by atoms with van der Waals surface area (Å²) in [6.45, 7) is 1.94. The van der Waals surface area contributed by atoms with Crippen LogP contribution < -0.4 is 11.1 Å². The second-order valence-corrected chi connectivity index (χ2v) is 8.07. The lowest BCUT2D eigenvalue weighted by molar-refractivity contribution is 0.618. The minimum absolute atomic E-state index is 0.0117. The zero-order valence-electron chi connectivity index (χ0n) is 15.3. The van der Waals surface area contributed by atoms with Gasteiger partial charge in [-0.25, -0.2) is 9.97 Å². The highest BCUT2D eigenvalue weighted by Gasteiger charge is 2.28. The Morgan fingerprint density at radius 1 is 1.11 bits per heavy atom. The molecule has 1 aliphatic rings. The van der Waals surface area contributed by atoms with E-state index in [1.165, 1.54) is 11.8 Å². The number of pyridine rings is 1. The normalized spacial score (nSPS) is 14.0. The van der Waals surface area contributed by atoms with E-state index in [1.807, 2.05) is 47.9 Å². The van der Waals surface area contributed by atoms with Gasteiger partial charge in [-0.2, -0.15) is 0 Å². The zero-order chi connectivity index (χ0) is 19.3. The van der Waals surface area contributed by atoms with Crippen molar-refractivity contribution in [3.63, 3.8) is 0 Å². The summed E-state index contributed by atoms with van der Waals surface area (Å²) in [6, 6.07) is 13.0. The highest BCUT2D eigenvalue weighted by Crippen LogP contribution is 2.37. The van der Waals surface area contributed by atoms with Crippen LogP contribution in [0, 0.1) is 6.92 Å². The van der Waals surface area contributed by atoms with Gasteiger partial charge in [0.2, 0.25) is 0 Å². The third-order valence-electron chi connectivity index (χ3n) is 4.90. The van der Waals surface area contributed by atoms with Crippen LogP contribution in [-0.4, -0.2) is 18.9 Å². The molecule has 0 atom stereocenters. The largest absolute Gasteiger partial charge is 0.284 e. The van der Waals surface area contributed by atoms with Gasteiger partial charge in [0, 0.05) is 24.1 Å². The summed E-state index contributed by atoms with van der Waals surface area (Å²) < 4.78 is 3.36. The summed E-state index contributed by atoms with van der Waals surface area (Å²) in [5.41, 5.74) is 2.93. The Morgan fingerprint density at radius 2 is 1.93 bits per heavy atom. The van der Waals surface area contributed by atoms with E-state index in [2.05, 4.69) is 4.98 Å². The Bertz CT molecular complexity index is 1340. The number of nitrogens with zero attached hydrogens (tertiary/aromatic N) is 4. The number of hydrogen-bond acceptors (Lipinski definition) is 5. The minimum atomic E-state index is -0.102. The molecule has 0 N–H and O–H groups in total. The average Bonchev–Trinajstić information content (AvgIpc) is 3.52. The van der Waals surface area contributed by atoms with E-state index in [-0.39, 0.29) is 17.2 Å². The SMILES string of the molecule is Cc1ccc2nc(CSc3nc4ccccc4c(=O)n3C3CC3)cc(=O)n2c1. The van der Waals surface area contributed by atoms with Crippen LogP contribution in [0.2, 0.25) is 0 Å². The van der Waals surface area contributed by atoms with Gasteiger partial charge >= 0.3 is 0 Å². The molecule has 0 aliphatic heterocycles. The Labute approximate surface area is 164 Å². The first kappa shape index (κ1) is 17.2. The molecule has 1 saturated carbocycles. The minimum Gasteiger partial charge on any atom is -0.284 e. The standard InChI is InChI=1S/C21H18N4O2S/c1-13-6-9-18-22-14(10-19(26)24(18)11-13)12-28-21-23-17-5-3-2-4-16(17)20(27)25(21)15-7-8-15/h2-6,9-11,15H,7-8,12H2,1H3. The highest BCUT2D eigenvalue weighted by atomic mass is 32.2. The van der Waals surface area contributed by atoms with Crippen molar-refractivity contribution >= 4 is 28.3 Å². The van der Waals surface area contributed by atoms with Crippen LogP contribution in [0.3, 0.4) is 0 Å². The Kier molecular flexibility index (Phi) is 4.05. The maximum absolute atomic E-state index is 12.9. The summed E-state index contributed by atoms with van der Waals surface area (Å²) in [4.78, 5) is 34.7. The van der Waals surface area contributed by atoms with Crippen molar-refractivity contribution in [1.29, 1.82) is 0 Å². The summed E-state index contributed by atoms with van der Waals surface area (Å²) in [5, 5.41) is 1.34. The molecule has 3 heterocycles. The monoisotopic (exact) mass is 390 g/mol. The topological polar surface area (TPSA) is 69.3 Å². The van der Waals surface area contributed by atoms with Gasteiger partial charge in [0.15, 0.2) is 5.16 Å². The molecule has 5 rings (SSSR count). The van der Waals surface area contributed by atoms with E-state index in [9.17, 15) is 9.59 Å². The van der Waals surface area contributed by atoms with E-state index < -0.39 is 0 Å². The fourth-order valence-corrected chi connectivity index (χ4v) is 4.31. The number of hydrogen-bond donors (Lipinski definition) is 0. The number of rotatable bonds is 4. The lowest BCUT2D eigenvalue weighted by Gasteiger charge is -2.12. The molecule has 0 amide bonds. The molecule has 0 saturated heterocycles. The molecular weight excluding hydrogens is 372 g/mol. The van der Waals surface area contributed by atoms with Gasteiger partial charge in [-0.05, 0) is 43.5 Å². The first-order valence-corrected chi connectivity index (χ1v) is 10.2. The number of fused-ring (bicyclic) bond motifs is 2. The predicted octanol–water partition coefficient (Wildman–Crippen LogP) is 3.34. The molecule has 0 radical (unpaired) electrons. The second kappa shape index (κ2) is 6.60. The number of aromatic nitrogens is 4. The van der Waals surface area contributed by atoms with E-state index in [0.29, 0.717) is 33.2 Å². The number of thioether (sulfide) groups is 1. The van der Waals surface area contributed by atoms with Crippen molar-refractivity contribution in [1.82, 2.24) is 18.9 Å². The maximum Gasteiger partial charge on any atom is 0.262 e. The Morgan fingerprint density at radius 3 is 2.75 bits per heavy atom. The van der Waals surface area contributed by atoms with E-state index >= 15 is 0 Å². The van der Waals surface area contributed by atoms with Gasteiger partial charge in [-0.3, -0.25) is 18.6 Å². The molecule has 140 valence electrons. The van der Waals surface area contributed by atoms with Gasteiger partial charge < -0.3 is 0 Å². The van der Waals surface area contributed by atoms with E-state index in [0.717, 1.165) is 18.4 Å². The van der Waals surface area contributed by atoms with Gasteiger partial charge in [-0.15, -0.1) is 0 Å². The van der Waals surface area contributed by atoms with Crippen molar-refractivity contribution in [3.8, 4) is 0 Å². The molecule has 0 bridgehead atoms. The number of aryl methyl sites for hydroxylation is 1. The van der Waals surface area contributed by atoms with Crippen molar-refractivity contribution in [2.75, 3.05) is 0 Å². The summed E-state index contributed by atoms with van der Waals surface area (Å²) in [5.74, 6) is 0.483. The summed E-state index contributed by atoms with van der Waals surface area (Å²) in [6.07, 6.45) is 3.79. The molecule has 1 aromatic carbocycles. The molecule has 0 spiro atoms. The van der Waals surface area contributed by atoms with Gasteiger partial charge in [-0.1, -0.05) is 30.0 Å². The third-order valence-corrected chi connectivity index (χ3v) is 5.88. The Balaban J connectivity index is 1.53. The fraction of sp³-hybridized carbons (Fsp3) is 0.238. The maximum atomic E-state index is 12.9. The first-order valence-electron chi connectivity index (χ1n) is 9.23. The molecule has 3 aromatic heterocycles. The van der Waals surface area contributed by atoms with Crippen LogP contribution in [0.25, 0.3) is 16.6 Å². The molecule has 1 fully saturated rings. The van der Waals surface area contributed by atoms with Crippen molar-refractivity contribution in [2.24, 2.45) is 0 Å². The smallest absolute Gasteiger partial charge is 0.262 e. The third kappa shape index (κ3) is 3.01. The summed E-state index contributed by atoms with van der Waals surface area (Å²) >= 11 is 1.46. The second-order valence-electron chi connectivity index (χ2n) is 7.13. The fourth-order valence-electron chi connectivity index (χ4n) is 3.35. The molecule has 4 aromatic rings. The quantitative estimate of drug-likeness (QED) is 0.395. The number of benzene rings is 1.